The van der Waals surface area contributed by atoms with Crippen molar-refractivity contribution in [3.05, 3.63) is 23.5 Å². The number of carbonyl (C=O) groups excluding carboxylic acids is 1. The Morgan fingerprint density at radius 1 is 1.11 bits per heavy atom. The highest BCUT2D eigenvalue weighted by atomic mass is 16.6. The molecule has 2 aromatic rings. The molecule has 0 aliphatic heterocycles. The predicted octanol–water partition coefficient (Wildman–Crippen LogP) is 3.69. The minimum Gasteiger partial charge on any atom is -0.444 e. The van der Waals surface area contributed by atoms with Crippen LogP contribution < -0.4 is 16.0 Å². The summed E-state index contributed by atoms with van der Waals surface area (Å²) >= 11 is 0. The molecule has 4 rings (SSSR count). The normalized spacial score (nSPS) is 24.0. The second kappa shape index (κ2) is 10.3. The second-order valence-electron chi connectivity index (χ2n) is 10.8. The first kappa shape index (κ1) is 25.2. The van der Waals surface area contributed by atoms with Crippen LogP contribution in [-0.2, 0) is 22.6 Å². The lowest BCUT2D eigenvalue weighted by Gasteiger charge is -2.51. The van der Waals surface area contributed by atoms with E-state index in [4.69, 9.17) is 9.47 Å². The van der Waals surface area contributed by atoms with Crippen molar-refractivity contribution in [3.63, 3.8) is 0 Å². The van der Waals surface area contributed by atoms with Gasteiger partial charge in [0.2, 0.25) is 0 Å². The Hall–Kier alpha value is -2.95. The molecule has 2 fully saturated rings. The van der Waals surface area contributed by atoms with Gasteiger partial charge in [-0.1, -0.05) is 0 Å². The van der Waals surface area contributed by atoms with Crippen molar-refractivity contribution in [3.8, 4) is 0 Å². The van der Waals surface area contributed by atoms with E-state index in [1.165, 1.54) is 0 Å². The molecule has 2 aliphatic carbocycles. The van der Waals surface area contributed by atoms with Crippen LogP contribution in [0, 0.1) is 12.3 Å². The zero-order valence-electron chi connectivity index (χ0n) is 21.4. The van der Waals surface area contributed by atoms with E-state index in [9.17, 15) is 4.79 Å². The average molecular weight is 487 g/mol. The van der Waals surface area contributed by atoms with Gasteiger partial charge in [-0.3, -0.25) is 5.10 Å². The van der Waals surface area contributed by atoms with E-state index in [1.807, 2.05) is 33.8 Å². The fourth-order valence-electron chi connectivity index (χ4n) is 5.05. The molecule has 1 spiro atoms. The van der Waals surface area contributed by atoms with Crippen LogP contribution in [0.4, 0.5) is 16.4 Å². The zero-order valence-corrected chi connectivity index (χ0v) is 21.4. The van der Waals surface area contributed by atoms with Crippen LogP contribution in [0.15, 0.2) is 6.07 Å². The Bertz CT molecular complexity index is 1000. The molecule has 4 N–H and O–H groups in total. The number of methoxy groups -OCH3 is 1. The number of hydrogen-bond acceptors (Lipinski definition) is 9. The first-order chi connectivity index (χ1) is 16.6. The number of rotatable bonds is 8. The maximum Gasteiger partial charge on any atom is 0.407 e. The van der Waals surface area contributed by atoms with Crippen molar-refractivity contribution in [2.24, 2.45) is 5.41 Å². The van der Waals surface area contributed by atoms with Crippen LogP contribution in [0.5, 0.6) is 0 Å². The van der Waals surface area contributed by atoms with Gasteiger partial charge in [0, 0.05) is 25.3 Å². The van der Waals surface area contributed by atoms with E-state index < -0.39 is 5.60 Å². The minimum absolute atomic E-state index is 0.217. The lowest BCUT2D eigenvalue weighted by Crippen LogP contribution is -2.53. The van der Waals surface area contributed by atoms with Crippen molar-refractivity contribution in [2.45, 2.75) is 97.1 Å². The summed E-state index contributed by atoms with van der Waals surface area (Å²) in [5.74, 6) is 3.58. The Morgan fingerprint density at radius 2 is 1.83 bits per heavy atom. The molecule has 11 heteroatoms. The van der Waals surface area contributed by atoms with E-state index >= 15 is 0 Å². The van der Waals surface area contributed by atoms with Gasteiger partial charge in [-0.05, 0) is 71.6 Å². The van der Waals surface area contributed by atoms with E-state index in [0.717, 1.165) is 50.2 Å². The van der Waals surface area contributed by atoms with Gasteiger partial charge in [-0.25, -0.2) is 19.7 Å². The smallest absolute Gasteiger partial charge is 0.407 e. The highest BCUT2D eigenvalue weighted by Crippen LogP contribution is 2.52. The molecule has 2 saturated carbocycles. The topological polar surface area (TPSA) is 139 Å². The molecule has 2 aromatic heterocycles. The number of hydrogen-bond donors (Lipinski definition) is 4. The number of nitrogens with one attached hydrogen (secondary N) is 4. The Morgan fingerprint density at radius 3 is 2.46 bits per heavy atom. The van der Waals surface area contributed by atoms with Gasteiger partial charge >= 0.3 is 6.09 Å². The predicted molar refractivity (Wildman–Crippen MR) is 132 cm³/mol. The quantitative estimate of drug-likeness (QED) is 0.440. The van der Waals surface area contributed by atoms with Crippen molar-refractivity contribution in [1.29, 1.82) is 0 Å². The fourth-order valence-corrected chi connectivity index (χ4v) is 5.05. The van der Waals surface area contributed by atoms with Gasteiger partial charge in [-0.15, -0.1) is 0 Å². The highest BCUT2D eigenvalue weighted by molar-refractivity contribution is 5.68. The summed E-state index contributed by atoms with van der Waals surface area (Å²) in [6.07, 6.45) is 6.17. The van der Waals surface area contributed by atoms with E-state index in [2.05, 4.69) is 41.1 Å². The summed E-state index contributed by atoms with van der Waals surface area (Å²) in [6, 6.07) is 2.49. The molecule has 0 aromatic carbocycles. The lowest BCUT2D eigenvalue weighted by atomic mass is 9.58. The molecular weight excluding hydrogens is 448 g/mol. The van der Waals surface area contributed by atoms with E-state index in [0.29, 0.717) is 42.1 Å². The van der Waals surface area contributed by atoms with Crippen LogP contribution in [0.25, 0.3) is 0 Å². The van der Waals surface area contributed by atoms with E-state index in [-0.39, 0.29) is 12.1 Å². The monoisotopic (exact) mass is 486 g/mol. The Labute approximate surface area is 206 Å². The number of alkyl carbamates (subject to hydrolysis) is 1. The van der Waals surface area contributed by atoms with Gasteiger partial charge in [0.25, 0.3) is 0 Å². The molecule has 2 heterocycles. The molecule has 0 unspecified atom stereocenters. The number of anilines is 2. The average Bonchev–Trinajstić information content (AvgIpc) is 3.16. The third-order valence-electron chi connectivity index (χ3n) is 6.59. The third-order valence-corrected chi connectivity index (χ3v) is 6.59. The third kappa shape index (κ3) is 7.03. The molecule has 35 heavy (non-hydrogen) atoms. The van der Waals surface area contributed by atoms with Crippen LogP contribution in [0.2, 0.25) is 0 Å². The van der Waals surface area contributed by atoms with Crippen LogP contribution in [0.3, 0.4) is 0 Å². The summed E-state index contributed by atoms with van der Waals surface area (Å²) in [7, 11) is 1.64. The maximum absolute atomic E-state index is 12.0. The fraction of sp³-hybridized carbons (Fsp3) is 0.708. The van der Waals surface area contributed by atoms with Crippen molar-refractivity contribution in [1.82, 2.24) is 30.5 Å². The molecule has 192 valence electrons. The summed E-state index contributed by atoms with van der Waals surface area (Å²) in [4.78, 5) is 25.5. The number of aromatic nitrogens is 5. The van der Waals surface area contributed by atoms with Gasteiger partial charge in [0.05, 0.1) is 6.54 Å². The number of ether oxygens (including phenoxy) is 2. The maximum atomic E-state index is 12.0. The first-order valence-corrected chi connectivity index (χ1v) is 12.4. The first-order valence-electron chi connectivity index (χ1n) is 12.4. The number of H-pyrrole nitrogens is 1. The van der Waals surface area contributed by atoms with Crippen molar-refractivity contribution in [2.75, 3.05) is 17.7 Å². The summed E-state index contributed by atoms with van der Waals surface area (Å²) in [5, 5.41) is 16.9. The van der Waals surface area contributed by atoms with Gasteiger partial charge in [-0.2, -0.15) is 5.10 Å². The molecule has 1 amide bonds. The molecule has 0 radical (unpaired) electrons. The van der Waals surface area contributed by atoms with Crippen LogP contribution in [0.1, 0.15) is 76.8 Å². The van der Waals surface area contributed by atoms with Crippen LogP contribution >= 0.6 is 0 Å². The number of nitrogens with zero attached hydrogens (tertiary/aromatic N) is 4. The van der Waals surface area contributed by atoms with E-state index in [1.54, 1.807) is 7.11 Å². The summed E-state index contributed by atoms with van der Waals surface area (Å²) in [5.41, 5.74) is -0.129. The number of amides is 1. The lowest BCUT2D eigenvalue weighted by molar-refractivity contribution is 0.0155. The van der Waals surface area contributed by atoms with Crippen molar-refractivity contribution < 1.29 is 14.3 Å². The van der Waals surface area contributed by atoms with Crippen LogP contribution in [-0.4, -0.2) is 56.0 Å². The van der Waals surface area contributed by atoms with Crippen molar-refractivity contribution >= 4 is 17.7 Å². The number of carbonyl (C=O) groups is 1. The number of aromatic amines is 1. The Kier molecular flexibility index (Phi) is 7.44. The van der Waals surface area contributed by atoms with Gasteiger partial charge in [0.1, 0.15) is 29.7 Å². The minimum atomic E-state index is -0.469. The summed E-state index contributed by atoms with van der Waals surface area (Å²) < 4.78 is 10.6. The SMILES string of the molecule is COCc1nc(NCc2n[nH]c(C)n2)cc(NC2CCC3(CC2)CC(NC(=O)OC(C)(C)C)C3)n1. The molecule has 0 atom stereocenters. The highest BCUT2D eigenvalue weighted by Gasteiger charge is 2.46. The molecule has 2 aliphatic rings. The summed E-state index contributed by atoms with van der Waals surface area (Å²) in [6.45, 7) is 8.33. The van der Waals surface area contributed by atoms with Gasteiger partial charge < -0.3 is 25.4 Å². The zero-order chi connectivity index (χ0) is 25.1. The molecule has 11 nitrogen and oxygen atoms in total. The Balaban J connectivity index is 1.27. The van der Waals surface area contributed by atoms with Gasteiger partial charge in [0.15, 0.2) is 11.6 Å². The molecular formula is C24H38N8O3. The second-order valence-corrected chi connectivity index (χ2v) is 10.8. The largest absolute Gasteiger partial charge is 0.444 e. The number of aryl methyl sites for hydroxylation is 1. The molecule has 0 saturated heterocycles. The molecule has 0 bridgehead atoms. The standard InChI is InChI=1S/C24H38N8O3/c1-15-26-20(32-31-15)13-25-18-10-19(30-21(29-18)14-34-5)27-16-6-8-24(9-7-16)11-17(12-24)28-22(33)35-23(2,3)4/h10,16-17H,6-9,11-14H2,1-5H3,(H,28,33)(H,26,31,32)(H2,25,27,29,30).